The van der Waals surface area contributed by atoms with Crippen molar-refractivity contribution in [3.63, 3.8) is 0 Å². The van der Waals surface area contributed by atoms with Gasteiger partial charge in [0.05, 0.1) is 17.9 Å². The maximum atomic E-state index is 13.6. The minimum atomic E-state index is 0.177. The summed E-state index contributed by atoms with van der Waals surface area (Å²) in [5.74, 6) is 0.177. The molecule has 0 bridgehead atoms. The van der Waals surface area contributed by atoms with E-state index in [0.29, 0.717) is 6.61 Å². The highest BCUT2D eigenvalue weighted by Crippen LogP contribution is 2.44. The molecule has 27 heavy (non-hydrogen) atoms. The van der Waals surface area contributed by atoms with Crippen LogP contribution in [0.25, 0.3) is 5.57 Å². The standard InChI is InChI=1S/C22H28N2O3/c25-22-21(16-4-3-11-27-15-16)19-14-18(23-9-1-2-10-23)5-6-20(19)24(22)17-7-12-26-13-8-17/h5-6,14,17H,1-4,7-13,15H2/b21-16+. The van der Waals surface area contributed by atoms with Gasteiger partial charge in [-0.3, -0.25) is 4.79 Å². The van der Waals surface area contributed by atoms with Gasteiger partial charge in [-0.25, -0.2) is 0 Å². The number of hydrogen-bond acceptors (Lipinski definition) is 4. The second-order valence-electron chi connectivity index (χ2n) is 8.05. The molecule has 5 heteroatoms. The van der Waals surface area contributed by atoms with Crippen molar-refractivity contribution in [3.05, 3.63) is 29.3 Å². The predicted octanol–water partition coefficient (Wildman–Crippen LogP) is 3.38. The monoisotopic (exact) mass is 368 g/mol. The van der Waals surface area contributed by atoms with Crippen molar-refractivity contribution in [1.82, 2.24) is 0 Å². The maximum absolute atomic E-state index is 13.6. The number of carbonyl (C=O) groups excluding carboxylic acids is 1. The fourth-order valence-electron chi connectivity index (χ4n) is 4.95. The second-order valence-corrected chi connectivity index (χ2v) is 8.05. The van der Waals surface area contributed by atoms with Gasteiger partial charge in [0.1, 0.15) is 0 Å². The minimum Gasteiger partial charge on any atom is -0.381 e. The van der Waals surface area contributed by atoms with Crippen LogP contribution in [0.2, 0.25) is 0 Å². The summed E-state index contributed by atoms with van der Waals surface area (Å²) in [6, 6.07) is 6.88. The molecule has 0 unspecified atom stereocenters. The lowest BCUT2D eigenvalue weighted by molar-refractivity contribution is -0.113. The van der Waals surface area contributed by atoms with Crippen molar-refractivity contribution in [2.75, 3.05) is 49.3 Å². The van der Waals surface area contributed by atoms with Gasteiger partial charge in [0.15, 0.2) is 0 Å². The molecule has 0 radical (unpaired) electrons. The van der Waals surface area contributed by atoms with Gasteiger partial charge in [-0.2, -0.15) is 0 Å². The number of anilines is 2. The Balaban J connectivity index is 1.58. The predicted molar refractivity (Wildman–Crippen MR) is 106 cm³/mol. The van der Waals surface area contributed by atoms with Gasteiger partial charge >= 0.3 is 0 Å². The third-order valence-electron chi connectivity index (χ3n) is 6.37. The van der Waals surface area contributed by atoms with Crippen molar-refractivity contribution < 1.29 is 14.3 Å². The van der Waals surface area contributed by atoms with E-state index in [9.17, 15) is 4.79 Å². The number of benzene rings is 1. The summed E-state index contributed by atoms with van der Waals surface area (Å²) in [7, 11) is 0. The zero-order valence-electron chi connectivity index (χ0n) is 15.9. The molecule has 5 nitrogen and oxygen atoms in total. The molecule has 0 aromatic heterocycles. The fourth-order valence-corrected chi connectivity index (χ4v) is 4.95. The maximum Gasteiger partial charge on any atom is 0.259 e. The highest BCUT2D eigenvalue weighted by atomic mass is 16.5. The Morgan fingerprint density at radius 3 is 2.52 bits per heavy atom. The molecule has 1 aromatic carbocycles. The lowest BCUT2D eigenvalue weighted by Crippen LogP contribution is -2.41. The van der Waals surface area contributed by atoms with E-state index in [2.05, 4.69) is 28.0 Å². The van der Waals surface area contributed by atoms with Crippen LogP contribution in [0, 0.1) is 0 Å². The van der Waals surface area contributed by atoms with E-state index in [0.717, 1.165) is 75.4 Å². The quantitative estimate of drug-likeness (QED) is 0.751. The molecule has 5 rings (SSSR count). The number of ether oxygens (including phenoxy) is 2. The normalized spacial score (nSPS) is 26.7. The smallest absolute Gasteiger partial charge is 0.259 e. The Kier molecular flexibility index (Phi) is 4.66. The van der Waals surface area contributed by atoms with Crippen molar-refractivity contribution in [2.45, 2.75) is 44.6 Å². The molecule has 1 amide bonds. The first-order chi connectivity index (χ1) is 13.3. The van der Waals surface area contributed by atoms with Crippen LogP contribution in [-0.4, -0.2) is 51.5 Å². The number of carbonyl (C=O) groups is 1. The lowest BCUT2D eigenvalue weighted by atomic mass is 9.96. The molecule has 3 saturated heterocycles. The molecule has 3 fully saturated rings. The largest absolute Gasteiger partial charge is 0.381 e. The zero-order valence-corrected chi connectivity index (χ0v) is 15.9. The molecule has 4 aliphatic rings. The highest BCUT2D eigenvalue weighted by Gasteiger charge is 2.39. The third-order valence-corrected chi connectivity index (χ3v) is 6.37. The molecular weight excluding hydrogens is 340 g/mol. The van der Waals surface area contributed by atoms with Crippen LogP contribution in [0.5, 0.6) is 0 Å². The Morgan fingerprint density at radius 2 is 1.78 bits per heavy atom. The van der Waals surface area contributed by atoms with Crippen LogP contribution in [0.3, 0.4) is 0 Å². The average Bonchev–Trinajstić information content (AvgIpc) is 3.34. The number of rotatable bonds is 2. The summed E-state index contributed by atoms with van der Waals surface area (Å²) in [6.45, 7) is 5.11. The molecule has 144 valence electrons. The van der Waals surface area contributed by atoms with E-state index in [1.165, 1.54) is 24.1 Å². The average molecular weight is 368 g/mol. The summed E-state index contributed by atoms with van der Waals surface area (Å²) in [4.78, 5) is 18.1. The Labute approximate surface area is 160 Å². The first kappa shape index (κ1) is 17.3. The van der Waals surface area contributed by atoms with Gasteiger partial charge in [0, 0.05) is 50.2 Å². The van der Waals surface area contributed by atoms with Crippen molar-refractivity contribution >= 4 is 22.9 Å². The van der Waals surface area contributed by atoms with Crippen molar-refractivity contribution in [2.24, 2.45) is 0 Å². The molecule has 1 aromatic rings. The van der Waals surface area contributed by atoms with Gasteiger partial charge in [0.2, 0.25) is 0 Å². The van der Waals surface area contributed by atoms with E-state index in [4.69, 9.17) is 9.47 Å². The van der Waals surface area contributed by atoms with Crippen LogP contribution >= 0.6 is 0 Å². The highest BCUT2D eigenvalue weighted by molar-refractivity contribution is 6.33. The number of hydrogen-bond donors (Lipinski definition) is 0. The van der Waals surface area contributed by atoms with Crippen molar-refractivity contribution in [1.29, 1.82) is 0 Å². The summed E-state index contributed by atoms with van der Waals surface area (Å²) < 4.78 is 11.2. The van der Waals surface area contributed by atoms with Gasteiger partial charge < -0.3 is 19.3 Å². The minimum absolute atomic E-state index is 0.177. The van der Waals surface area contributed by atoms with Crippen LogP contribution in [-0.2, 0) is 14.3 Å². The van der Waals surface area contributed by atoms with E-state index >= 15 is 0 Å². The molecule has 0 aliphatic carbocycles. The molecule has 0 N–H and O–H groups in total. The Morgan fingerprint density at radius 1 is 0.963 bits per heavy atom. The summed E-state index contributed by atoms with van der Waals surface area (Å²) in [5, 5.41) is 0. The van der Waals surface area contributed by atoms with Crippen molar-refractivity contribution in [3.8, 4) is 0 Å². The van der Waals surface area contributed by atoms with E-state index in [1.807, 2.05) is 0 Å². The molecule has 0 atom stereocenters. The van der Waals surface area contributed by atoms with Crippen LogP contribution in [0.1, 0.15) is 44.1 Å². The summed E-state index contributed by atoms with van der Waals surface area (Å²) in [6.07, 6.45) is 6.31. The summed E-state index contributed by atoms with van der Waals surface area (Å²) in [5.41, 5.74) is 5.56. The molecule has 0 saturated carbocycles. The molecule has 4 aliphatic heterocycles. The van der Waals surface area contributed by atoms with Crippen LogP contribution in [0.15, 0.2) is 23.8 Å². The van der Waals surface area contributed by atoms with Crippen LogP contribution < -0.4 is 9.80 Å². The Bertz CT molecular complexity index is 753. The lowest BCUT2D eigenvalue weighted by Gasteiger charge is -2.31. The van der Waals surface area contributed by atoms with Crippen LogP contribution in [0.4, 0.5) is 11.4 Å². The second kappa shape index (κ2) is 7.28. The topological polar surface area (TPSA) is 42.0 Å². The van der Waals surface area contributed by atoms with Gasteiger partial charge in [-0.05, 0) is 62.3 Å². The number of nitrogens with zero attached hydrogens (tertiary/aromatic N) is 2. The van der Waals surface area contributed by atoms with E-state index in [-0.39, 0.29) is 11.9 Å². The number of amides is 1. The SMILES string of the molecule is O=C1/C(=C2\CCCOC2)c2cc(N3CCCC3)ccc2N1C1CCOCC1. The zero-order chi connectivity index (χ0) is 18.2. The van der Waals surface area contributed by atoms with Gasteiger partial charge in [-0.1, -0.05) is 0 Å². The van der Waals surface area contributed by atoms with E-state index < -0.39 is 0 Å². The fraction of sp³-hybridized carbons (Fsp3) is 0.591. The Hall–Kier alpha value is -1.85. The molecule has 0 spiro atoms. The number of fused-ring (bicyclic) bond motifs is 1. The first-order valence-electron chi connectivity index (χ1n) is 10.4. The third kappa shape index (κ3) is 3.07. The summed E-state index contributed by atoms with van der Waals surface area (Å²) >= 11 is 0. The first-order valence-corrected chi connectivity index (χ1v) is 10.4. The van der Waals surface area contributed by atoms with Gasteiger partial charge in [0.25, 0.3) is 5.91 Å². The molecule has 4 heterocycles. The molecular formula is C22H28N2O3. The van der Waals surface area contributed by atoms with E-state index in [1.54, 1.807) is 0 Å². The van der Waals surface area contributed by atoms with Gasteiger partial charge in [-0.15, -0.1) is 0 Å².